The Balaban J connectivity index is 2.23. The zero-order valence-electron chi connectivity index (χ0n) is 6.94. The monoisotopic (exact) mass is 288 g/mol. The van der Waals surface area contributed by atoms with Crippen molar-refractivity contribution in [3.05, 3.63) is 35.9 Å². The minimum Gasteiger partial charge on any atom is -0.456 e. The molecule has 2 rings (SSSR count). The van der Waals surface area contributed by atoms with Gasteiger partial charge in [0.05, 0.1) is 10.3 Å². The molecular weight excluding hydrogens is 279 g/mol. The SMILES string of the molecule is O=C1C[C@@H](I)[C@H](c2ccccc2)O1. The van der Waals surface area contributed by atoms with E-state index in [9.17, 15) is 4.79 Å². The Labute approximate surface area is 90.4 Å². The van der Waals surface area contributed by atoms with Crippen molar-refractivity contribution in [3.63, 3.8) is 0 Å². The fraction of sp³-hybridized carbons (Fsp3) is 0.300. The van der Waals surface area contributed by atoms with Crippen LogP contribution < -0.4 is 0 Å². The Bertz CT molecular complexity index is 310. The highest BCUT2D eigenvalue weighted by Crippen LogP contribution is 2.34. The highest BCUT2D eigenvalue weighted by molar-refractivity contribution is 14.1. The molecule has 1 aliphatic heterocycles. The van der Waals surface area contributed by atoms with Crippen molar-refractivity contribution in [2.24, 2.45) is 0 Å². The smallest absolute Gasteiger partial charge is 0.307 e. The highest BCUT2D eigenvalue weighted by atomic mass is 127. The van der Waals surface area contributed by atoms with Gasteiger partial charge in [-0.15, -0.1) is 0 Å². The molecule has 0 unspecified atom stereocenters. The van der Waals surface area contributed by atoms with Crippen LogP contribution in [-0.4, -0.2) is 9.89 Å². The van der Waals surface area contributed by atoms with Gasteiger partial charge in [-0.1, -0.05) is 52.9 Å². The van der Waals surface area contributed by atoms with Crippen LogP contribution in [0.1, 0.15) is 18.1 Å². The Morgan fingerprint density at radius 1 is 1.31 bits per heavy atom. The van der Waals surface area contributed by atoms with Crippen LogP contribution in [0.2, 0.25) is 0 Å². The fourth-order valence-corrected chi connectivity index (χ4v) is 2.37. The van der Waals surface area contributed by atoms with E-state index in [-0.39, 0.29) is 16.0 Å². The van der Waals surface area contributed by atoms with Crippen molar-refractivity contribution in [2.75, 3.05) is 0 Å². The zero-order chi connectivity index (χ0) is 9.26. The van der Waals surface area contributed by atoms with Crippen molar-refractivity contribution in [1.29, 1.82) is 0 Å². The molecule has 1 saturated heterocycles. The van der Waals surface area contributed by atoms with E-state index < -0.39 is 0 Å². The van der Waals surface area contributed by atoms with Crippen LogP contribution in [0.5, 0.6) is 0 Å². The predicted octanol–water partition coefficient (Wildman–Crippen LogP) is 2.48. The third kappa shape index (κ3) is 1.85. The van der Waals surface area contributed by atoms with E-state index in [1.807, 2.05) is 30.3 Å². The second-order valence-electron chi connectivity index (χ2n) is 3.04. The molecule has 13 heavy (non-hydrogen) atoms. The third-order valence-electron chi connectivity index (χ3n) is 2.08. The summed E-state index contributed by atoms with van der Waals surface area (Å²) in [5, 5.41) is 0. The van der Waals surface area contributed by atoms with Gasteiger partial charge in [-0.3, -0.25) is 4.79 Å². The minimum absolute atomic E-state index is 0.0469. The van der Waals surface area contributed by atoms with Crippen molar-refractivity contribution in [2.45, 2.75) is 16.4 Å². The van der Waals surface area contributed by atoms with E-state index in [1.54, 1.807) is 0 Å². The van der Waals surface area contributed by atoms with Crippen molar-refractivity contribution < 1.29 is 9.53 Å². The summed E-state index contributed by atoms with van der Waals surface area (Å²) in [6, 6.07) is 9.88. The third-order valence-corrected chi connectivity index (χ3v) is 3.17. The number of hydrogen-bond donors (Lipinski definition) is 0. The van der Waals surface area contributed by atoms with Gasteiger partial charge >= 0.3 is 5.97 Å². The van der Waals surface area contributed by atoms with Crippen LogP contribution >= 0.6 is 22.6 Å². The maximum absolute atomic E-state index is 11.0. The molecule has 2 nitrogen and oxygen atoms in total. The summed E-state index contributed by atoms with van der Waals surface area (Å²) in [5.41, 5.74) is 1.09. The standard InChI is InChI=1S/C10H9IO2/c11-8-6-9(12)13-10(8)7-4-2-1-3-5-7/h1-5,8,10H,6H2/t8-,10+/m1/s1. The predicted molar refractivity (Wildman–Crippen MR) is 57.7 cm³/mol. The molecular formula is C10H9IO2. The average molecular weight is 288 g/mol. The van der Waals surface area contributed by atoms with Crippen LogP contribution in [0, 0.1) is 0 Å². The lowest BCUT2D eigenvalue weighted by molar-refractivity contribution is -0.141. The van der Waals surface area contributed by atoms with E-state index in [0.717, 1.165) is 5.56 Å². The second-order valence-corrected chi connectivity index (χ2v) is 4.64. The van der Waals surface area contributed by atoms with E-state index in [4.69, 9.17) is 4.74 Å². The lowest BCUT2D eigenvalue weighted by atomic mass is 10.1. The summed E-state index contributed by atoms with van der Waals surface area (Å²) < 4.78 is 5.48. The lowest BCUT2D eigenvalue weighted by Gasteiger charge is -2.12. The first-order valence-corrected chi connectivity index (χ1v) is 5.40. The number of rotatable bonds is 1. The first-order chi connectivity index (χ1) is 6.27. The zero-order valence-corrected chi connectivity index (χ0v) is 9.10. The van der Waals surface area contributed by atoms with Crippen molar-refractivity contribution >= 4 is 28.6 Å². The van der Waals surface area contributed by atoms with E-state index in [0.29, 0.717) is 6.42 Å². The van der Waals surface area contributed by atoms with Crippen LogP contribution in [0.25, 0.3) is 0 Å². The van der Waals surface area contributed by atoms with Crippen LogP contribution in [0.15, 0.2) is 30.3 Å². The van der Waals surface area contributed by atoms with Gasteiger partial charge in [0.15, 0.2) is 0 Å². The topological polar surface area (TPSA) is 26.3 Å². The van der Waals surface area contributed by atoms with Gasteiger partial charge in [-0.2, -0.15) is 0 Å². The minimum atomic E-state index is -0.0896. The molecule has 68 valence electrons. The average Bonchev–Trinajstić information content (AvgIpc) is 2.47. The maximum Gasteiger partial charge on any atom is 0.307 e. The van der Waals surface area contributed by atoms with Crippen LogP contribution in [0.3, 0.4) is 0 Å². The molecule has 0 spiro atoms. The molecule has 2 atom stereocenters. The Morgan fingerprint density at radius 2 is 2.00 bits per heavy atom. The molecule has 0 radical (unpaired) electrons. The Kier molecular flexibility index (Phi) is 2.53. The first kappa shape index (κ1) is 8.99. The van der Waals surface area contributed by atoms with E-state index in [2.05, 4.69) is 22.6 Å². The molecule has 1 fully saturated rings. The molecule has 1 aromatic carbocycles. The van der Waals surface area contributed by atoms with E-state index >= 15 is 0 Å². The maximum atomic E-state index is 11.0. The van der Waals surface area contributed by atoms with Gasteiger partial charge in [0, 0.05) is 0 Å². The number of carbonyl (C=O) groups is 1. The van der Waals surface area contributed by atoms with Gasteiger partial charge in [-0.05, 0) is 5.56 Å². The molecule has 0 aromatic heterocycles. The number of benzene rings is 1. The summed E-state index contributed by atoms with van der Waals surface area (Å²) >= 11 is 2.27. The molecule has 1 aliphatic rings. The molecule has 0 N–H and O–H groups in total. The van der Waals surface area contributed by atoms with Gasteiger partial charge in [0.2, 0.25) is 0 Å². The number of hydrogen-bond acceptors (Lipinski definition) is 2. The lowest BCUT2D eigenvalue weighted by Crippen LogP contribution is -2.05. The molecule has 1 heterocycles. The van der Waals surface area contributed by atoms with Gasteiger partial charge in [0.25, 0.3) is 0 Å². The van der Waals surface area contributed by atoms with Gasteiger partial charge in [0.1, 0.15) is 6.10 Å². The number of halogens is 1. The number of esters is 1. The summed E-state index contributed by atoms with van der Waals surface area (Å²) in [6.07, 6.45) is 0.481. The molecule has 0 bridgehead atoms. The summed E-state index contributed by atoms with van der Waals surface area (Å²) in [5.74, 6) is -0.0896. The summed E-state index contributed by atoms with van der Waals surface area (Å²) in [4.78, 5) is 11.0. The number of ether oxygens (including phenoxy) is 1. The molecule has 0 amide bonds. The van der Waals surface area contributed by atoms with Crippen molar-refractivity contribution in [1.82, 2.24) is 0 Å². The molecule has 1 aromatic rings. The highest BCUT2D eigenvalue weighted by Gasteiger charge is 2.33. The molecule has 0 aliphatic carbocycles. The quantitative estimate of drug-likeness (QED) is 0.451. The van der Waals surface area contributed by atoms with Gasteiger partial charge < -0.3 is 4.74 Å². The molecule has 3 heteroatoms. The summed E-state index contributed by atoms with van der Waals surface area (Å²) in [6.45, 7) is 0. The summed E-state index contributed by atoms with van der Waals surface area (Å²) in [7, 11) is 0. The normalized spacial score (nSPS) is 27.3. The number of cyclic esters (lactones) is 1. The van der Waals surface area contributed by atoms with Crippen molar-refractivity contribution in [3.8, 4) is 0 Å². The van der Waals surface area contributed by atoms with E-state index in [1.165, 1.54) is 0 Å². The number of alkyl halides is 1. The van der Waals surface area contributed by atoms with Crippen LogP contribution in [0.4, 0.5) is 0 Å². The number of carbonyl (C=O) groups excluding carboxylic acids is 1. The first-order valence-electron chi connectivity index (χ1n) is 4.16. The second kappa shape index (κ2) is 3.65. The largest absolute Gasteiger partial charge is 0.456 e. The molecule has 0 saturated carbocycles. The Morgan fingerprint density at radius 3 is 2.54 bits per heavy atom. The van der Waals surface area contributed by atoms with Crippen LogP contribution in [-0.2, 0) is 9.53 Å². The van der Waals surface area contributed by atoms with Gasteiger partial charge in [-0.25, -0.2) is 0 Å². The Hall–Kier alpha value is -0.580. The fourth-order valence-electron chi connectivity index (χ4n) is 1.45.